The number of aromatic nitrogens is 2. The number of hydrogen-bond donors (Lipinski definition) is 1. The molecular weight excluding hydrogens is 264 g/mol. The molecule has 2 aromatic rings. The molecule has 1 aromatic carbocycles. The van der Waals surface area contributed by atoms with E-state index in [2.05, 4.69) is 11.9 Å². The number of methoxy groups -OCH3 is 1. The van der Waals surface area contributed by atoms with Crippen LogP contribution in [0.3, 0.4) is 0 Å². The van der Waals surface area contributed by atoms with Crippen LogP contribution >= 0.6 is 11.6 Å². The second-order valence-electron chi connectivity index (χ2n) is 4.28. The zero-order valence-electron chi connectivity index (χ0n) is 11.0. The largest absolute Gasteiger partial charge is 0.495 e. The van der Waals surface area contributed by atoms with Crippen LogP contribution in [-0.4, -0.2) is 21.8 Å². The van der Waals surface area contributed by atoms with Crippen molar-refractivity contribution in [3.63, 3.8) is 0 Å². The number of aryl methyl sites for hydroxylation is 1. The number of aliphatic hydroxyl groups excluding tert-OH is 1. The summed E-state index contributed by atoms with van der Waals surface area (Å²) in [5.41, 5.74) is 0.703. The molecule has 0 aliphatic heterocycles. The SMILES string of the molecule is CCCn1ccnc1C(O)c1ccc(OC)c(Cl)c1. The Hall–Kier alpha value is -1.52. The molecule has 0 aliphatic rings. The smallest absolute Gasteiger partial charge is 0.142 e. The maximum Gasteiger partial charge on any atom is 0.142 e. The summed E-state index contributed by atoms with van der Waals surface area (Å²) in [5, 5.41) is 10.9. The van der Waals surface area contributed by atoms with Crippen molar-refractivity contribution in [3.8, 4) is 5.75 Å². The van der Waals surface area contributed by atoms with Crippen LogP contribution in [0.2, 0.25) is 5.02 Å². The maximum absolute atomic E-state index is 10.4. The van der Waals surface area contributed by atoms with E-state index in [4.69, 9.17) is 16.3 Å². The van der Waals surface area contributed by atoms with Crippen LogP contribution in [0.5, 0.6) is 5.75 Å². The zero-order valence-corrected chi connectivity index (χ0v) is 11.8. The molecule has 102 valence electrons. The number of rotatable bonds is 5. The fourth-order valence-corrected chi connectivity index (χ4v) is 2.27. The molecule has 0 saturated heterocycles. The highest BCUT2D eigenvalue weighted by Gasteiger charge is 2.17. The second kappa shape index (κ2) is 6.08. The van der Waals surface area contributed by atoms with Gasteiger partial charge in [-0.25, -0.2) is 4.98 Å². The predicted molar refractivity (Wildman–Crippen MR) is 74.6 cm³/mol. The van der Waals surface area contributed by atoms with Gasteiger partial charge in [0.15, 0.2) is 0 Å². The minimum atomic E-state index is -0.787. The molecule has 1 heterocycles. The summed E-state index contributed by atoms with van der Waals surface area (Å²) in [6.45, 7) is 2.91. The van der Waals surface area contributed by atoms with Crippen molar-refractivity contribution in [1.82, 2.24) is 9.55 Å². The standard InChI is InChI=1S/C14H17ClN2O2/c1-3-7-17-8-6-16-14(17)13(18)10-4-5-12(19-2)11(15)9-10/h4-6,8-9,13,18H,3,7H2,1-2H3. The zero-order chi connectivity index (χ0) is 13.8. The van der Waals surface area contributed by atoms with Gasteiger partial charge in [-0.05, 0) is 24.1 Å². The summed E-state index contributed by atoms with van der Waals surface area (Å²) in [7, 11) is 1.56. The first-order valence-electron chi connectivity index (χ1n) is 6.20. The Kier molecular flexibility index (Phi) is 4.45. The van der Waals surface area contributed by atoms with Gasteiger partial charge >= 0.3 is 0 Å². The first-order chi connectivity index (χ1) is 9.17. The van der Waals surface area contributed by atoms with E-state index in [-0.39, 0.29) is 0 Å². The van der Waals surface area contributed by atoms with Crippen molar-refractivity contribution in [1.29, 1.82) is 0 Å². The van der Waals surface area contributed by atoms with E-state index in [1.54, 1.807) is 31.5 Å². The van der Waals surface area contributed by atoms with Crippen molar-refractivity contribution < 1.29 is 9.84 Å². The molecule has 4 nitrogen and oxygen atoms in total. The molecule has 2 rings (SSSR count). The fourth-order valence-electron chi connectivity index (χ4n) is 2.00. The van der Waals surface area contributed by atoms with E-state index < -0.39 is 6.10 Å². The molecule has 0 saturated carbocycles. The number of nitrogens with zero attached hydrogens (tertiary/aromatic N) is 2. The molecule has 1 aromatic heterocycles. The van der Waals surface area contributed by atoms with Gasteiger partial charge < -0.3 is 14.4 Å². The molecule has 0 aliphatic carbocycles. The van der Waals surface area contributed by atoms with Crippen molar-refractivity contribution in [2.75, 3.05) is 7.11 Å². The Balaban J connectivity index is 2.30. The lowest BCUT2D eigenvalue weighted by Crippen LogP contribution is -2.09. The minimum Gasteiger partial charge on any atom is -0.495 e. The Morgan fingerprint density at radius 3 is 2.89 bits per heavy atom. The highest BCUT2D eigenvalue weighted by Crippen LogP contribution is 2.29. The van der Waals surface area contributed by atoms with Gasteiger partial charge in [0.05, 0.1) is 12.1 Å². The summed E-state index contributed by atoms with van der Waals surface area (Å²) in [5.74, 6) is 1.22. The van der Waals surface area contributed by atoms with Crippen LogP contribution in [0.25, 0.3) is 0 Å². The molecule has 0 fully saturated rings. The van der Waals surface area contributed by atoms with Crippen molar-refractivity contribution >= 4 is 11.6 Å². The molecular formula is C14H17ClN2O2. The van der Waals surface area contributed by atoms with Crippen LogP contribution in [0, 0.1) is 0 Å². The van der Waals surface area contributed by atoms with Gasteiger partial charge in [-0.1, -0.05) is 24.6 Å². The first kappa shape index (κ1) is 13.9. The van der Waals surface area contributed by atoms with Crippen LogP contribution < -0.4 is 4.74 Å². The molecule has 0 bridgehead atoms. The fraction of sp³-hybridized carbons (Fsp3) is 0.357. The van der Waals surface area contributed by atoms with E-state index in [9.17, 15) is 5.11 Å². The van der Waals surface area contributed by atoms with Gasteiger partial charge in [-0.2, -0.15) is 0 Å². The number of benzene rings is 1. The quantitative estimate of drug-likeness (QED) is 0.916. The van der Waals surface area contributed by atoms with E-state index in [1.807, 2.05) is 10.8 Å². The Bertz CT molecular complexity index is 554. The third kappa shape index (κ3) is 2.91. The van der Waals surface area contributed by atoms with E-state index in [0.29, 0.717) is 22.2 Å². The van der Waals surface area contributed by atoms with Gasteiger partial charge in [0.1, 0.15) is 17.7 Å². The first-order valence-corrected chi connectivity index (χ1v) is 6.57. The number of aliphatic hydroxyl groups is 1. The average Bonchev–Trinajstić information content (AvgIpc) is 2.86. The molecule has 5 heteroatoms. The monoisotopic (exact) mass is 280 g/mol. The summed E-state index contributed by atoms with van der Waals surface area (Å²) in [4.78, 5) is 4.22. The van der Waals surface area contributed by atoms with Gasteiger partial charge in [-0.15, -0.1) is 0 Å². The van der Waals surface area contributed by atoms with Crippen LogP contribution in [0.1, 0.15) is 30.8 Å². The van der Waals surface area contributed by atoms with Crippen LogP contribution in [0.15, 0.2) is 30.6 Å². The Labute approximate surface area is 117 Å². The highest BCUT2D eigenvalue weighted by atomic mass is 35.5. The van der Waals surface area contributed by atoms with Gasteiger partial charge in [0.2, 0.25) is 0 Å². The molecule has 1 N–H and O–H groups in total. The van der Waals surface area contributed by atoms with Crippen molar-refractivity contribution in [2.24, 2.45) is 0 Å². The topological polar surface area (TPSA) is 47.3 Å². The number of imidazole rings is 1. The van der Waals surface area contributed by atoms with E-state index >= 15 is 0 Å². The summed E-state index contributed by atoms with van der Waals surface area (Å²) < 4.78 is 7.05. The molecule has 1 unspecified atom stereocenters. The van der Waals surface area contributed by atoms with Crippen molar-refractivity contribution in [2.45, 2.75) is 26.0 Å². The summed E-state index contributed by atoms with van der Waals surface area (Å²) in [6, 6.07) is 5.24. The van der Waals surface area contributed by atoms with Gasteiger partial charge in [-0.3, -0.25) is 0 Å². The van der Waals surface area contributed by atoms with Gasteiger partial charge in [0, 0.05) is 18.9 Å². The number of halogens is 1. The maximum atomic E-state index is 10.4. The van der Waals surface area contributed by atoms with Crippen molar-refractivity contribution in [3.05, 3.63) is 47.0 Å². The van der Waals surface area contributed by atoms with E-state index in [1.165, 1.54) is 0 Å². The lowest BCUT2D eigenvalue weighted by molar-refractivity contribution is 0.204. The Morgan fingerprint density at radius 2 is 2.26 bits per heavy atom. The molecule has 1 atom stereocenters. The third-order valence-corrected chi connectivity index (χ3v) is 3.24. The summed E-state index contributed by atoms with van der Waals surface area (Å²) in [6.07, 6.45) is 3.76. The number of ether oxygens (including phenoxy) is 1. The van der Waals surface area contributed by atoms with Crippen LogP contribution in [0.4, 0.5) is 0 Å². The second-order valence-corrected chi connectivity index (χ2v) is 4.68. The lowest BCUT2D eigenvalue weighted by atomic mass is 10.1. The molecule has 0 spiro atoms. The van der Waals surface area contributed by atoms with E-state index in [0.717, 1.165) is 13.0 Å². The van der Waals surface area contributed by atoms with Gasteiger partial charge in [0.25, 0.3) is 0 Å². The molecule has 0 radical (unpaired) electrons. The molecule has 0 amide bonds. The summed E-state index contributed by atoms with van der Waals surface area (Å²) >= 11 is 6.07. The average molecular weight is 281 g/mol. The highest BCUT2D eigenvalue weighted by molar-refractivity contribution is 6.32. The third-order valence-electron chi connectivity index (χ3n) is 2.95. The molecule has 19 heavy (non-hydrogen) atoms. The number of hydrogen-bond acceptors (Lipinski definition) is 3. The normalized spacial score (nSPS) is 12.4. The lowest BCUT2D eigenvalue weighted by Gasteiger charge is -2.14. The minimum absolute atomic E-state index is 0.479. The van der Waals surface area contributed by atoms with Crippen LogP contribution in [-0.2, 0) is 6.54 Å². The Morgan fingerprint density at radius 1 is 1.47 bits per heavy atom. The predicted octanol–water partition coefficient (Wildman–Crippen LogP) is 3.04.